The summed E-state index contributed by atoms with van der Waals surface area (Å²) in [5.41, 5.74) is 3.89. The van der Waals surface area contributed by atoms with Crippen molar-refractivity contribution in [1.29, 1.82) is 0 Å². The van der Waals surface area contributed by atoms with Crippen molar-refractivity contribution in [3.63, 3.8) is 0 Å². The van der Waals surface area contributed by atoms with Crippen LogP contribution in [0.15, 0.2) is 36.5 Å². The summed E-state index contributed by atoms with van der Waals surface area (Å²) in [6.07, 6.45) is 5.21. The van der Waals surface area contributed by atoms with Crippen LogP contribution in [0.2, 0.25) is 0 Å². The van der Waals surface area contributed by atoms with Crippen LogP contribution in [0.5, 0.6) is 0 Å². The first-order chi connectivity index (χ1) is 9.79. The Morgan fingerprint density at radius 3 is 3.15 bits per heavy atom. The fourth-order valence-corrected chi connectivity index (χ4v) is 3.69. The van der Waals surface area contributed by atoms with E-state index in [1.54, 1.807) is 12.3 Å². The van der Waals surface area contributed by atoms with Crippen LogP contribution in [-0.2, 0) is 11.8 Å². The molecule has 0 unspecified atom stereocenters. The van der Waals surface area contributed by atoms with Gasteiger partial charge >= 0.3 is 0 Å². The van der Waals surface area contributed by atoms with Crippen LogP contribution in [0, 0.1) is 5.92 Å². The average molecular weight is 267 g/mol. The van der Waals surface area contributed by atoms with Crippen LogP contribution in [-0.4, -0.2) is 22.6 Å². The zero-order valence-electron chi connectivity index (χ0n) is 11.2. The van der Waals surface area contributed by atoms with E-state index in [0.29, 0.717) is 17.0 Å². The number of aromatic amines is 1. The van der Waals surface area contributed by atoms with Crippen molar-refractivity contribution in [1.82, 2.24) is 15.5 Å². The van der Waals surface area contributed by atoms with Gasteiger partial charge in [0.05, 0.1) is 0 Å². The lowest BCUT2D eigenvalue weighted by Crippen LogP contribution is -2.27. The Bertz CT molecular complexity index is 650. The molecule has 1 amide bonds. The van der Waals surface area contributed by atoms with Crippen molar-refractivity contribution in [2.24, 2.45) is 5.92 Å². The number of carbonyl (C=O) groups is 1. The predicted molar refractivity (Wildman–Crippen MR) is 75.5 cm³/mol. The first-order valence-electron chi connectivity index (χ1n) is 7.15. The van der Waals surface area contributed by atoms with E-state index in [1.807, 2.05) is 0 Å². The van der Waals surface area contributed by atoms with E-state index < -0.39 is 0 Å². The Balaban J connectivity index is 1.43. The van der Waals surface area contributed by atoms with Crippen molar-refractivity contribution < 1.29 is 4.79 Å². The van der Waals surface area contributed by atoms with Crippen molar-refractivity contribution in [3.05, 3.63) is 53.3 Å². The molecule has 102 valence electrons. The Morgan fingerprint density at radius 1 is 1.40 bits per heavy atom. The molecule has 4 rings (SSSR count). The van der Waals surface area contributed by atoms with Gasteiger partial charge in [0.2, 0.25) is 0 Å². The van der Waals surface area contributed by atoms with E-state index in [1.165, 1.54) is 30.4 Å². The third kappa shape index (κ3) is 1.68. The minimum absolute atomic E-state index is 0.0594. The highest BCUT2D eigenvalue weighted by atomic mass is 16.1. The molecule has 2 aromatic rings. The number of hydrogen-bond donors (Lipinski definition) is 2. The van der Waals surface area contributed by atoms with E-state index in [4.69, 9.17) is 0 Å². The molecule has 1 heterocycles. The first-order valence-corrected chi connectivity index (χ1v) is 7.15. The van der Waals surface area contributed by atoms with Crippen LogP contribution in [0.3, 0.4) is 0 Å². The molecule has 2 atom stereocenters. The summed E-state index contributed by atoms with van der Waals surface area (Å²) < 4.78 is 0. The highest BCUT2D eigenvalue weighted by Crippen LogP contribution is 2.61. The number of benzene rings is 1. The summed E-state index contributed by atoms with van der Waals surface area (Å²) in [5, 5.41) is 9.52. The van der Waals surface area contributed by atoms with Gasteiger partial charge in [-0.3, -0.25) is 9.89 Å². The highest BCUT2D eigenvalue weighted by molar-refractivity contribution is 5.92. The van der Waals surface area contributed by atoms with Gasteiger partial charge in [0, 0.05) is 18.2 Å². The average Bonchev–Trinajstić information content (AvgIpc) is 2.83. The van der Waals surface area contributed by atoms with Gasteiger partial charge in [-0.05, 0) is 42.4 Å². The summed E-state index contributed by atoms with van der Waals surface area (Å²) in [7, 11) is 0. The van der Waals surface area contributed by atoms with Gasteiger partial charge < -0.3 is 5.32 Å². The molecule has 4 heteroatoms. The van der Waals surface area contributed by atoms with Crippen LogP contribution in [0.4, 0.5) is 0 Å². The van der Waals surface area contributed by atoms with Gasteiger partial charge in [0.15, 0.2) is 0 Å². The number of hydrogen-bond acceptors (Lipinski definition) is 2. The quantitative estimate of drug-likeness (QED) is 0.894. The third-order valence-electron chi connectivity index (χ3n) is 4.88. The fourth-order valence-electron chi connectivity index (χ4n) is 3.69. The molecule has 1 aromatic carbocycles. The minimum atomic E-state index is -0.0594. The molecule has 0 radical (unpaired) electrons. The highest BCUT2D eigenvalue weighted by Gasteiger charge is 2.57. The number of nitrogens with one attached hydrogen (secondary N) is 2. The van der Waals surface area contributed by atoms with Gasteiger partial charge in [-0.2, -0.15) is 5.10 Å². The molecule has 2 aliphatic rings. The van der Waals surface area contributed by atoms with Gasteiger partial charge in [-0.1, -0.05) is 24.3 Å². The monoisotopic (exact) mass is 267 g/mol. The summed E-state index contributed by atoms with van der Waals surface area (Å²) in [6, 6.07) is 10.4. The second kappa shape index (κ2) is 4.20. The molecule has 2 aliphatic carbocycles. The smallest absolute Gasteiger partial charge is 0.269 e. The molecule has 1 fully saturated rings. The van der Waals surface area contributed by atoms with Crippen LogP contribution >= 0.6 is 0 Å². The Labute approximate surface area is 117 Å². The van der Waals surface area contributed by atoms with Crippen LogP contribution in [0.1, 0.15) is 34.5 Å². The summed E-state index contributed by atoms with van der Waals surface area (Å²) >= 11 is 0. The summed E-state index contributed by atoms with van der Waals surface area (Å²) in [6.45, 7) is 0.756. The SMILES string of the molecule is O=C(NC[C@H]1C[C@]12CCc1ccccc12)c1ccn[nH]1. The number of carbonyl (C=O) groups excluding carboxylic acids is 1. The van der Waals surface area contributed by atoms with E-state index in [9.17, 15) is 4.79 Å². The maximum Gasteiger partial charge on any atom is 0.269 e. The van der Waals surface area contributed by atoms with Gasteiger partial charge in [-0.25, -0.2) is 0 Å². The Hall–Kier alpha value is -2.10. The molecule has 0 saturated heterocycles. The van der Waals surface area contributed by atoms with Gasteiger partial charge in [0.1, 0.15) is 5.69 Å². The Kier molecular flexibility index (Phi) is 2.46. The predicted octanol–water partition coefficient (Wildman–Crippen LogP) is 2.04. The standard InChI is InChI=1S/C16H17N3O/c20-15(14-6-8-18-19-14)17-10-12-9-16(12)7-5-11-3-1-2-4-13(11)16/h1-4,6,8,12H,5,7,9-10H2,(H,17,20)(H,18,19)/t12-,16-/m1/s1. The number of amides is 1. The number of aryl methyl sites for hydroxylation is 1. The summed E-state index contributed by atoms with van der Waals surface area (Å²) in [5.74, 6) is 0.522. The number of rotatable bonds is 3. The van der Waals surface area contributed by atoms with Crippen LogP contribution in [0.25, 0.3) is 0 Å². The molecule has 0 bridgehead atoms. The topological polar surface area (TPSA) is 57.8 Å². The minimum Gasteiger partial charge on any atom is -0.350 e. The van der Waals surface area contributed by atoms with Crippen molar-refractivity contribution in [3.8, 4) is 0 Å². The van der Waals surface area contributed by atoms with Gasteiger partial charge in [-0.15, -0.1) is 0 Å². The normalized spacial score (nSPS) is 26.5. The van der Waals surface area contributed by atoms with Gasteiger partial charge in [0.25, 0.3) is 5.91 Å². The molecular weight excluding hydrogens is 250 g/mol. The number of nitrogens with zero attached hydrogens (tertiary/aromatic N) is 1. The maximum absolute atomic E-state index is 11.9. The van der Waals surface area contributed by atoms with E-state index in [-0.39, 0.29) is 5.91 Å². The Morgan fingerprint density at radius 2 is 2.30 bits per heavy atom. The molecule has 20 heavy (non-hydrogen) atoms. The zero-order valence-corrected chi connectivity index (χ0v) is 11.2. The van der Waals surface area contributed by atoms with E-state index in [0.717, 1.165) is 6.54 Å². The lowest BCUT2D eigenvalue weighted by Gasteiger charge is -2.11. The number of aromatic nitrogens is 2. The zero-order chi connectivity index (χ0) is 13.6. The molecular formula is C16H17N3O. The third-order valence-corrected chi connectivity index (χ3v) is 4.88. The summed E-state index contributed by atoms with van der Waals surface area (Å²) in [4.78, 5) is 11.9. The first kappa shape index (κ1) is 11.7. The lowest BCUT2D eigenvalue weighted by molar-refractivity contribution is 0.0946. The number of fused-ring (bicyclic) bond motifs is 2. The van der Waals surface area contributed by atoms with Crippen molar-refractivity contribution in [2.45, 2.75) is 24.7 Å². The second-order valence-corrected chi connectivity index (χ2v) is 5.89. The molecule has 1 spiro atoms. The van der Waals surface area contributed by atoms with E-state index >= 15 is 0 Å². The van der Waals surface area contributed by atoms with Crippen molar-refractivity contribution >= 4 is 5.91 Å². The number of H-pyrrole nitrogens is 1. The lowest BCUT2D eigenvalue weighted by atomic mass is 9.95. The largest absolute Gasteiger partial charge is 0.350 e. The molecule has 2 N–H and O–H groups in total. The van der Waals surface area contributed by atoms with E-state index in [2.05, 4.69) is 39.8 Å². The fraction of sp³-hybridized carbons (Fsp3) is 0.375. The molecule has 0 aliphatic heterocycles. The maximum atomic E-state index is 11.9. The molecule has 4 nitrogen and oxygen atoms in total. The molecule has 1 aromatic heterocycles. The van der Waals surface area contributed by atoms with Crippen molar-refractivity contribution in [2.75, 3.05) is 6.54 Å². The second-order valence-electron chi connectivity index (χ2n) is 5.89. The van der Waals surface area contributed by atoms with Crippen LogP contribution < -0.4 is 5.32 Å². The molecule has 1 saturated carbocycles.